The molecule has 3 heteroatoms. The summed E-state index contributed by atoms with van der Waals surface area (Å²) in [6, 6.07) is 5.97. The van der Waals surface area contributed by atoms with Gasteiger partial charge >= 0.3 is 0 Å². The lowest BCUT2D eigenvalue weighted by Crippen LogP contribution is -2.10. The Balaban J connectivity index is 2.98. The van der Waals surface area contributed by atoms with Gasteiger partial charge in [-0.05, 0) is 30.2 Å². The van der Waals surface area contributed by atoms with Crippen LogP contribution in [0.1, 0.15) is 36.9 Å². The third-order valence-electron chi connectivity index (χ3n) is 2.08. The van der Waals surface area contributed by atoms with Crippen molar-refractivity contribution in [3.63, 3.8) is 0 Å². The number of nitriles is 1. The first-order valence-electron chi connectivity index (χ1n) is 4.63. The second kappa shape index (κ2) is 4.73. The number of rotatable bonds is 3. The standard InChI is InChI=1S/C11H13FN2/c1-2-3-11(14)9-4-8(7-13)5-10(12)6-9/h4-6,11H,2-3,14H2,1H3. The first-order valence-corrected chi connectivity index (χ1v) is 4.63. The van der Waals surface area contributed by atoms with E-state index in [0.717, 1.165) is 12.8 Å². The van der Waals surface area contributed by atoms with E-state index in [1.54, 1.807) is 6.07 Å². The van der Waals surface area contributed by atoms with Gasteiger partial charge in [0.25, 0.3) is 0 Å². The highest BCUT2D eigenvalue weighted by Crippen LogP contribution is 2.18. The molecule has 0 saturated heterocycles. The van der Waals surface area contributed by atoms with Crippen molar-refractivity contribution in [1.29, 1.82) is 5.26 Å². The summed E-state index contributed by atoms with van der Waals surface area (Å²) in [5, 5.41) is 8.64. The summed E-state index contributed by atoms with van der Waals surface area (Å²) >= 11 is 0. The first-order chi connectivity index (χ1) is 6.67. The molecule has 0 fully saturated rings. The van der Waals surface area contributed by atoms with E-state index >= 15 is 0 Å². The van der Waals surface area contributed by atoms with Gasteiger partial charge in [-0.3, -0.25) is 0 Å². The molecule has 14 heavy (non-hydrogen) atoms. The number of hydrogen-bond donors (Lipinski definition) is 1. The molecule has 1 aromatic carbocycles. The maximum absolute atomic E-state index is 13.0. The first kappa shape index (κ1) is 10.7. The van der Waals surface area contributed by atoms with Crippen LogP contribution in [0.3, 0.4) is 0 Å². The Bertz CT molecular complexity index is 355. The van der Waals surface area contributed by atoms with E-state index in [0.29, 0.717) is 11.1 Å². The summed E-state index contributed by atoms with van der Waals surface area (Å²) in [5.41, 5.74) is 6.85. The minimum Gasteiger partial charge on any atom is -0.324 e. The van der Waals surface area contributed by atoms with Crippen LogP contribution in [0.2, 0.25) is 0 Å². The number of benzene rings is 1. The average molecular weight is 192 g/mol. The fourth-order valence-electron chi connectivity index (χ4n) is 1.37. The predicted molar refractivity (Wildman–Crippen MR) is 53.0 cm³/mol. The lowest BCUT2D eigenvalue weighted by molar-refractivity contribution is 0.604. The predicted octanol–water partition coefficient (Wildman–Crippen LogP) is 2.50. The molecule has 1 rings (SSSR count). The quantitative estimate of drug-likeness (QED) is 0.799. The van der Waals surface area contributed by atoms with Crippen molar-refractivity contribution in [3.8, 4) is 6.07 Å². The average Bonchev–Trinajstić information content (AvgIpc) is 2.17. The molecule has 0 spiro atoms. The van der Waals surface area contributed by atoms with Gasteiger partial charge in [0.05, 0.1) is 11.6 Å². The monoisotopic (exact) mass is 192 g/mol. The van der Waals surface area contributed by atoms with Gasteiger partial charge in [0, 0.05) is 6.04 Å². The molecule has 2 nitrogen and oxygen atoms in total. The van der Waals surface area contributed by atoms with E-state index < -0.39 is 5.82 Å². The van der Waals surface area contributed by atoms with E-state index in [9.17, 15) is 4.39 Å². The van der Waals surface area contributed by atoms with Crippen LogP contribution in [0.25, 0.3) is 0 Å². The SMILES string of the molecule is CCCC(N)c1cc(F)cc(C#N)c1. The van der Waals surface area contributed by atoms with Crippen LogP contribution in [0.4, 0.5) is 4.39 Å². The molecule has 74 valence electrons. The Morgan fingerprint density at radius 3 is 2.79 bits per heavy atom. The van der Waals surface area contributed by atoms with Gasteiger partial charge in [-0.2, -0.15) is 5.26 Å². The molecule has 2 N–H and O–H groups in total. The van der Waals surface area contributed by atoms with E-state index in [4.69, 9.17) is 11.0 Å². The third-order valence-corrected chi connectivity index (χ3v) is 2.08. The highest BCUT2D eigenvalue weighted by Gasteiger charge is 2.07. The Kier molecular flexibility index (Phi) is 3.61. The minimum atomic E-state index is -0.398. The molecule has 0 radical (unpaired) electrons. The van der Waals surface area contributed by atoms with Crippen molar-refractivity contribution in [2.75, 3.05) is 0 Å². The highest BCUT2D eigenvalue weighted by atomic mass is 19.1. The van der Waals surface area contributed by atoms with Crippen LogP contribution < -0.4 is 5.73 Å². The highest BCUT2D eigenvalue weighted by molar-refractivity contribution is 5.34. The van der Waals surface area contributed by atoms with Crippen molar-refractivity contribution in [3.05, 3.63) is 35.1 Å². The minimum absolute atomic E-state index is 0.178. The number of hydrogen-bond acceptors (Lipinski definition) is 2. The van der Waals surface area contributed by atoms with Crippen LogP contribution in [0.15, 0.2) is 18.2 Å². The van der Waals surface area contributed by atoms with Crippen LogP contribution in [-0.4, -0.2) is 0 Å². The van der Waals surface area contributed by atoms with E-state index in [2.05, 4.69) is 0 Å². The lowest BCUT2D eigenvalue weighted by Gasteiger charge is -2.10. The fraction of sp³-hybridized carbons (Fsp3) is 0.364. The van der Waals surface area contributed by atoms with Gasteiger partial charge in [0.2, 0.25) is 0 Å². The number of nitrogens with zero attached hydrogens (tertiary/aromatic N) is 1. The maximum Gasteiger partial charge on any atom is 0.124 e. The lowest BCUT2D eigenvalue weighted by atomic mass is 10.0. The van der Waals surface area contributed by atoms with Gasteiger partial charge in [-0.15, -0.1) is 0 Å². The van der Waals surface area contributed by atoms with Gasteiger partial charge in [-0.25, -0.2) is 4.39 Å². The summed E-state index contributed by atoms with van der Waals surface area (Å²) in [6.45, 7) is 2.02. The van der Waals surface area contributed by atoms with E-state index in [1.165, 1.54) is 12.1 Å². The molecule has 0 aliphatic carbocycles. The zero-order valence-corrected chi connectivity index (χ0v) is 8.13. The van der Waals surface area contributed by atoms with Crippen LogP contribution in [0.5, 0.6) is 0 Å². The molecule has 0 aliphatic heterocycles. The fourth-order valence-corrected chi connectivity index (χ4v) is 1.37. The van der Waals surface area contributed by atoms with Crippen molar-refractivity contribution in [2.45, 2.75) is 25.8 Å². The molecule has 1 unspecified atom stereocenters. The van der Waals surface area contributed by atoms with Crippen molar-refractivity contribution in [1.82, 2.24) is 0 Å². The Labute approximate surface area is 83.2 Å². The Morgan fingerprint density at radius 2 is 2.21 bits per heavy atom. The Morgan fingerprint density at radius 1 is 1.50 bits per heavy atom. The zero-order chi connectivity index (χ0) is 10.6. The van der Waals surface area contributed by atoms with Crippen molar-refractivity contribution >= 4 is 0 Å². The molecule has 0 aromatic heterocycles. The van der Waals surface area contributed by atoms with Gasteiger partial charge in [0.1, 0.15) is 5.82 Å². The maximum atomic E-state index is 13.0. The number of halogens is 1. The molecule has 1 aromatic rings. The van der Waals surface area contributed by atoms with Crippen LogP contribution in [0, 0.1) is 17.1 Å². The summed E-state index contributed by atoms with van der Waals surface area (Å²) in [6.07, 6.45) is 1.74. The molecule has 0 bridgehead atoms. The van der Waals surface area contributed by atoms with Crippen molar-refractivity contribution in [2.24, 2.45) is 5.73 Å². The molecule has 0 amide bonds. The second-order valence-corrected chi connectivity index (χ2v) is 3.28. The van der Waals surface area contributed by atoms with Crippen molar-refractivity contribution < 1.29 is 4.39 Å². The third kappa shape index (κ3) is 2.54. The summed E-state index contributed by atoms with van der Waals surface area (Å²) in [7, 11) is 0. The van der Waals surface area contributed by atoms with E-state index in [1.807, 2.05) is 13.0 Å². The van der Waals surface area contributed by atoms with Crippen LogP contribution >= 0.6 is 0 Å². The van der Waals surface area contributed by atoms with E-state index in [-0.39, 0.29) is 6.04 Å². The largest absolute Gasteiger partial charge is 0.324 e. The van der Waals surface area contributed by atoms with Crippen LogP contribution in [-0.2, 0) is 0 Å². The smallest absolute Gasteiger partial charge is 0.124 e. The molecule has 0 saturated carbocycles. The number of nitrogens with two attached hydrogens (primary N) is 1. The second-order valence-electron chi connectivity index (χ2n) is 3.28. The molecule has 1 atom stereocenters. The zero-order valence-electron chi connectivity index (χ0n) is 8.13. The Hall–Kier alpha value is -1.40. The topological polar surface area (TPSA) is 49.8 Å². The van der Waals surface area contributed by atoms with Gasteiger partial charge in [-0.1, -0.05) is 13.3 Å². The normalized spacial score (nSPS) is 12.1. The summed E-state index contributed by atoms with van der Waals surface area (Å²) < 4.78 is 13.0. The summed E-state index contributed by atoms with van der Waals surface area (Å²) in [4.78, 5) is 0. The molecular formula is C11H13FN2. The molecule has 0 heterocycles. The van der Waals surface area contributed by atoms with Gasteiger partial charge < -0.3 is 5.73 Å². The summed E-state index contributed by atoms with van der Waals surface area (Å²) in [5.74, 6) is -0.398. The molecule has 0 aliphatic rings. The van der Waals surface area contributed by atoms with Gasteiger partial charge in [0.15, 0.2) is 0 Å². The molecular weight excluding hydrogens is 179 g/mol.